The van der Waals surface area contributed by atoms with E-state index >= 15 is 0 Å². The first-order chi connectivity index (χ1) is 6.49. The van der Waals surface area contributed by atoms with Gasteiger partial charge < -0.3 is 10.2 Å². The second-order valence-corrected chi connectivity index (χ2v) is 4.15. The summed E-state index contributed by atoms with van der Waals surface area (Å²) < 4.78 is 0. The van der Waals surface area contributed by atoms with Crippen LogP contribution in [0.1, 0.15) is 39.0 Å². The average Bonchev–Trinajstić information content (AvgIpc) is 2.17. The number of rotatable bonds is 3. The Hall–Kier alpha value is 1.17. The molecule has 0 spiro atoms. The van der Waals surface area contributed by atoms with Crippen molar-refractivity contribution in [1.82, 2.24) is 0 Å². The van der Waals surface area contributed by atoms with Gasteiger partial charge in [-0.3, -0.25) is 9.59 Å². The van der Waals surface area contributed by atoms with Gasteiger partial charge in [-0.2, -0.15) is 0 Å². The number of hydrogen-bond acceptors (Lipinski definition) is 2. The molecule has 1 fully saturated rings. The second kappa shape index (κ2) is 8.31. The molecule has 0 aromatic heterocycles. The summed E-state index contributed by atoms with van der Waals surface area (Å²) in [5, 5.41) is 17.9. The fourth-order valence-electron chi connectivity index (χ4n) is 2.12. The van der Waals surface area contributed by atoms with Gasteiger partial charge in [0.25, 0.3) is 0 Å². The molecule has 0 unspecified atom stereocenters. The Kier molecular flexibility index (Phi) is 10.1. The predicted molar refractivity (Wildman–Crippen MR) is 64.3 cm³/mol. The van der Waals surface area contributed by atoms with E-state index in [-0.39, 0.29) is 76.2 Å². The van der Waals surface area contributed by atoms with E-state index < -0.39 is 17.4 Å². The van der Waals surface area contributed by atoms with E-state index in [0.717, 1.165) is 32.1 Å². The van der Waals surface area contributed by atoms with Crippen molar-refractivity contribution in [3.8, 4) is 0 Å². The number of hydrogen-bond donors (Lipinski definition) is 2. The minimum atomic E-state index is -1.60. The van der Waals surface area contributed by atoms with Crippen molar-refractivity contribution in [2.45, 2.75) is 39.0 Å². The van der Waals surface area contributed by atoms with Crippen molar-refractivity contribution < 1.29 is 19.8 Å². The third-order valence-electron chi connectivity index (χ3n) is 3.31. The standard InChI is InChI=1S/C10H16O4.K.Li.2H/c1-10(8(11)12,9(13)14)7-5-3-2-4-6-7;;;;/h7H,2-6H2,1H3,(H,11,12)(H,13,14);;;;. The molecule has 1 saturated carbocycles. The molecule has 0 radical (unpaired) electrons. The topological polar surface area (TPSA) is 74.6 Å². The molecule has 1 aliphatic carbocycles. The van der Waals surface area contributed by atoms with Gasteiger partial charge in [0.1, 0.15) is 0 Å². The van der Waals surface area contributed by atoms with Crippen molar-refractivity contribution in [3.05, 3.63) is 0 Å². The summed E-state index contributed by atoms with van der Waals surface area (Å²) in [5.74, 6) is -2.64. The van der Waals surface area contributed by atoms with Crippen LogP contribution >= 0.6 is 0 Å². The molecule has 2 N–H and O–H groups in total. The summed E-state index contributed by atoms with van der Waals surface area (Å²) in [6.07, 6.45) is 4.41. The Morgan fingerprint density at radius 3 is 1.75 bits per heavy atom. The molecule has 0 saturated heterocycles. The first kappa shape index (κ1) is 19.5. The third-order valence-corrected chi connectivity index (χ3v) is 3.31. The van der Waals surface area contributed by atoms with Gasteiger partial charge in [-0.15, -0.1) is 0 Å². The Morgan fingerprint density at radius 1 is 1.06 bits per heavy atom. The second-order valence-electron chi connectivity index (χ2n) is 4.15. The van der Waals surface area contributed by atoms with Crippen LogP contribution in [0.4, 0.5) is 0 Å². The van der Waals surface area contributed by atoms with Crippen LogP contribution in [0.3, 0.4) is 0 Å². The fraction of sp³-hybridized carbons (Fsp3) is 0.800. The van der Waals surface area contributed by atoms with Gasteiger partial charge in [0.2, 0.25) is 0 Å². The van der Waals surface area contributed by atoms with Gasteiger partial charge in [-0.05, 0) is 25.7 Å². The van der Waals surface area contributed by atoms with E-state index in [1.165, 1.54) is 6.92 Å². The molecule has 0 heterocycles. The molecular weight excluding hydrogens is 230 g/mol. The number of carboxylic acids is 2. The van der Waals surface area contributed by atoms with Crippen molar-refractivity contribution >= 4 is 82.2 Å². The zero-order chi connectivity index (χ0) is 10.8. The summed E-state index contributed by atoms with van der Waals surface area (Å²) in [6, 6.07) is 0. The fourth-order valence-corrected chi connectivity index (χ4v) is 2.12. The maximum absolute atomic E-state index is 11.0. The zero-order valence-corrected chi connectivity index (χ0v) is 8.32. The summed E-state index contributed by atoms with van der Waals surface area (Å²) >= 11 is 0. The normalized spacial score (nSPS) is 16.8. The molecule has 6 heteroatoms. The molecule has 16 heavy (non-hydrogen) atoms. The first-order valence-corrected chi connectivity index (χ1v) is 4.96. The van der Waals surface area contributed by atoms with E-state index in [2.05, 4.69) is 0 Å². The molecule has 0 aliphatic heterocycles. The molecule has 0 atom stereocenters. The van der Waals surface area contributed by atoms with Gasteiger partial charge in [0, 0.05) is 0 Å². The van der Waals surface area contributed by atoms with Crippen LogP contribution in [0.2, 0.25) is 0 Å². The minimum absolute atomic E-state index is 0. The van der Waals surface area contributed by atoms with E-state index in [1.54, 1.807) is 0 Å². The molecule has 1 aliphatic rings. The van der Waals surface area contributed by atoms with Crippen molar-refractivity contribution in [1.29, 1.82) is 0 Å². The molecule has 0 aromatic carbocycles. The van der Waals surface area contributed by atoms with Gasteiger partial charge >= 0.3 is 82.2 Å². The number of carbonyl (C=O) groups is 2. The number of aliphatic carboxylic acids is 2. The molecular formula is C10H18KLiO4. The summed E-state index contributed by atoms with van der Waals surface area (Å²) in [6.45, 7) is 1.33. The Morgan fingerprint density at radius 2 is 1.44 bits per heavy atom. The quantitative estimate of drug-likeness (QED) is 0.561. The van der Waals surface area contributed by atoms with Crippen LogP contribution in [0.15, 0.2) is 0 Å². The van der Waals surface area contributed by atoms with Crippen LogP contribution in [0.25, 0.3) is 0 Å². The molecule has 0 aromatic rings. The van der Waals surface area contributed by atoms with Crippen molar-refractivity contribution in [2.24, 2.45) is 11.3 Å². The van der Waals surface area contributed by atoms with Crippen LogP contribution < -0.4 is 0 Å². The van der Waals surface area contributed by atoms with E-state index in [4.69, 9.17) is 10.2 Å². The molecule has 1 rings (SSSR count). The van der Waals surface area contributed by atoms with E-state index in [0.29, 0.717) is 0 Å². The average molecular weight is 248 g/mol. The monoisotopic (exact) mass is 248 g/mol. The third kappa shape index (κ3) is 4.13. The van der Waals surface area contributed by atoms with Gasteiger partial charge in [0.15, 0.2) is 5.41 Å². The Bertz CT molecular complexity index is 237. The van der Waals surface area contributed by atoms with Gasteiger partial charge in [-0.1, -0.05) is 19.3 Å². The summed E-state index contributed by atoms with van der Waals surface area (Å²) in [5.41, 5.74) is -1.60. The first-order valence-electron chi connectivity index (χ1n) is 4.96. The van der Waals surface area contributed by atoms with E-state index in [1.807, 2.05) is 0 Å². The summed E-state index contributed by atoms with van der Waals surface area (Å²) in [7, 11) is 0. The Labute approximate surface area is 150 Å². The molecule has 4 nitrogen and oxygen atoms in total. The molecule has 0 bridgehead atoms. The SMILES string of the molecule is CC(C(=O)O)(C(=O)O)C1CCCCC1.[KH].[LiH]. The number of carboxylic acid groups (broad SMARTS) is 2. The van der Waals surface area contributed by atoms with Gasteiger partial charge in [-0.25, -0.2) is 0 Å². The van der Waals surface area contributed by atoms with Crippen LogP contribution in [0.5, 0.6) is 0 Å². The van der Waals surface area contributed by atoms with Crippen LogP contribution in [-0.2, 0) is 9.59 Å². The zero-order valence-electron chi connectivity index (χ0n) is 8.32. The predicted octanol–water partition coefficient (Wildman–Crippen LogP) is 0.445. The maximum atomic E-state index is 11.0. The van der Waals surface area contributed by atoms with Crippen LogP contribution in [0, 0.1) is 11.3 Å². The molecule has 84 valence electrons. The summed E-state index contributed by atoms with van der Waals surface area (Å²) in [4.78, 5) is 22.0. The van der Waals surface area contributed by atoms with E-state index in [9.17, 15) is 9.59 Å². The Balaban J connectivity index is 0. The molecule has 0 amide bonds. The van der Waals surface area contributed by atoms with Crippen molar-refractivity contribution in [3.63, 3.8) is 0 Å². The van der Waals surface area contributed by atoms with Gasteiger partial charge in [0.05, 0.1) is 0 Å². The van der Waals surface area contributed by atoms with Crippen molar-refractivity contribution in [2.75, 3.05) is 0 Å². The van der Waals surface area contributed by atoms with Crippen LogP contribution in [-0.4, -0.2) is 92.4 Å².